The van der Waals surface area contributed by atoms with Crippen molar-refractivity contribution in [3.05, 3.63) is 53.1 Å². The standard InChI is InChI=1S/C18H17F3O4/c1-25-16-6-2-11(10-22)8-15(16)14-9-13(18(19,20)21)5-3-12(14)4-7-17(23)24/h2-3,5-6,8-9,22H,4,7,10H2,1H3,(H,23,24). The van der Waals surface area contributed by atoms with Crippen LogP contribution in [0.3, 0.4) is 0 Å². The van der Waals surface area contributed by atoms with Crippen LogP contribution >= 0.6 is 0 Å². The van der Waals surface area contributed by atoms with E-state index in [1.165, 1.54) is 13.2 Å². The molecule has 2 aromatic rings. The van der Waals surface area contributed by atoms with Gasteiger partial charge in [-0.15, -0.1) is 0 Å². The van der Waals surface area contributed by atoms with E-state index in [4.69, 9.17) is 9.84 Å². The van der Waals surface area contributed by atoms with Crippen LogP contribution < -0.4 is 4.74 Å². The quantitative estimate of drug-likeness (QED) is 0.826. The molecule has 0 atom stereocenters. The number of methoxy groups -OCH3 is 1. The van der Waals surface area contributed by atoms with Gasteiger partial charge in [0.25, 0.3) is 0 Å². The molecular formula is C18H17F3O4. The maximum Gasteiger partial charge on any atom is 0.416 e. The number of rotatable bonds is 6. The van der Waals surface area contributed by atoms with E-state index >= 15 is 0 Å². The second-order valence-corrected chi connectivity index (χ2v) is 5.46. The number of aryl methyl sites for hydroxylation is 1. The van der Waals surface area contributed by atoms with Gasteiger partial charge in [-0.2, -0.15) is 13.2 Å². The van der Waals surface area contributed by atoms with Crippen molar-refractivity contribution >= 4 is 5.97 Å². The van der Waals surface area contributed by atoms with Gasteiger partial charge >= 0.3 is 12.1 Å². The number of alkyl halides is 3. The molecule has 0 fully saturated rings. The zero-order chi connectivity index (χ0) is 18.6. The average Bonchev–Trinajstić information content (AvgIpc) is 2.58. The van der Waals surface area contributed by atoms with Crippen LogP contribution in [0.5, 0.6) is 5.75 Å². The summed E-state index contributed by atoms with van der Waals surface area (Å²) in [7, 11) is 1.39. The van der Waals surface area contributed by atoms with Crippen LogP contribution in [0.15, 0.2) is 36.4 Å². The lowest BCUT2D eigenvalue weighted by Crippen LogP contribution is -2.07. The molecule has 0 aromatic heterocycles. The molecule has 0 aliphatic heterocycles. The zero-order valence-electron chi connectivity index (χ0n) is 13.4. The van der Waals surface area contributed by atoms with Crippen molar-refractivity contribution in [2.45, 2.75) is 25.6 Å². The van der Waals surface area contributed by atoms with E-state index in [2.05, 4.69) is 0 Å². The molecule has 2 N–H and O–H groups in total. The second-order valence-electron chi connectivity index (χ2n) is 5.46. The van der Waals surface area contributed by atoms with Crippen LogP contribution in [0.25, 0.3) is 11.1 Å². The highest BCUT2D eigenvalue weighted by Gasteiger charge is 2.31. The maximum atomic E-state index is 13.1. The molecule has 0 spiro atoms. The molecule has 0 bridgehead atoms. The van der Waals surface area contributed by atoms with Crippen LogP contribution in [-0.2, 0) is 24.0 Å². The number of carbonyl (C=O) groups is 1. The number of benzene rings is 2. The fraction of sp³-hybridized carbons (Fsp3) is 0.278. The third-order valence-electron chi connectivity index (χ3n) is 3.78. The summed E-state index contributed by atoms with van der Waals surface area (Å²) in [5, 5.41) is 18.2. The number of aliphatic hydroxyl groups is 1. The fourth-order valence-corrected chi connectivity index (χ4v) is 2.53. The zero-order valence-corrected chi connectivity index (χ0v) is 13.4. The number of aliphatic hydroxyl groups excluding tert-OH is 1. The third kappa shape index (κ3) is 4.51. The Hall–Kier alpha value is -2.54. The smallest absolute Gasteiger partial charge is 0.416 e. The Labute approximate surface area is 142 Å². The van der Waals surface area contributed by atoms with Gasteiger partial charge < -0.3 is 14.9 Å². The predicted molar refractivity (Wildman–Crippen MR) is 85.3 cm³/mol. The molecule has 134 valence electrons. The molecule has 0 aliphatic carbocycles. The molecule has 25 heavy (non-hydrogen) atoms. The number of carboxylic acid groups (broad SMARTS) is 1. The Bertz CT molecular complexity index is 769. The van der Waals surface area contributed by atoms with E-state index in [1.807, 2.05) is 0 Å². The first kappa shape index (κ1) is 18.8. The van der Waals surface area contributed by atoms with Crippen LogP contribution in [0.1, 0.15) is 23.1 Å². The van der Waals surface area contributed by atoms with Crippen molar-refractivity contribution in [2.24, 2.45) is 0 Å². The molecular weight excluding hydrogens is 337 g/mol. The summed E-state index contributed by atoms with van der Waals surface area (Å²) >= 11 is 0. The summed E-state index contributed by atoms with van der Waals surface area (Å²) in [4.78, 5) is 10.8. The van der Waals surface area contributed by atoms with Gasteiger partial charge in [-0.05, 0) is 47.4 Å². The van der Waals surface area contributed by atoms with E-state index in [0.29, 0.717) is 22.4 Å². The summed E-state index contributed by atoms with van der Waals surface area (Å²) in [5.41, 5.74) is 0.753. The van der Waals surface area contributed by atoms with Crippen molar-refractivity contribution in [3.63, 3.8) is 0 Å². The number of aliphatic carboxylic acids is 1. The number of hydrogen-bond acceptors (Lipinski definition) is 3. The minimum Gasteiger partial charge on any atom is -0.496 e. The SMILES string of the molecule is COc1ccc(CO)cc1-c1cc(C(F)(F)F)ccc1CCC(=O)O. The summed E-state index contributed by atoms with van der Waals surface area (Å²) < 4.78 is 44.5. The van der Waals surface area contributed by atoms with Crippen molar-refractivity contribution in [1.29, 1.82) is 0 Å². The molecule has 0 unspecified atom stereocenters. The van der Waals surface area contributed by atoms with Gasteiger partial charge in [-0.3, -0.25) is 4.79 Å². The maximum absolute atomic E-state index is 13.1. The molecule has 0 aliphatic rings. The lowest BCUT2D eigenvalue weighted by atomic mass is 9.93. The van der Waals surface area contributed by atoms with E-state index in [1.54, 1.807) is 18.2 Å². The van der Waals surface area contributed by atoms with Gasteiger partial charge in [0.05, 0.1) is 19.3 Å². The minimum atomic E-state index is -4.53. The van der Waals surface area contributed by atoms with Crippen molar-refractivity contribution in [2.75, 3.05) is 7.11 Å². The Balaban J connectivity index is 2.65. The monoisotopic (exact) mass is 354 g/mol. The Morgan fingerprint density at radius 2 is 1.84 bits per heavy atom. The molecule has 0 heterocycles. The van der Waals surface area contributed by atoms with E-state index in [0.717, 1.165) is 12.1 Å². The van der Waals surface area contributed by atoms with Crippen LogP contribution in [0.4, 0.5) is 13.2 Å². The molecule has 0 amide bonds. The predicted octanol–water partition coefficient (Wildman–Crippen LogP) is 3.89. The van der Waals surface area contributed by atoms with E-state index in [-0.39, 0.29) is 25.0 Å². The highest BCUT2D eigenvalue weighted by Crippen LogP contribution is 2.38. The molecule has 7 heteroatoms. The van der Waals surface area contributed by atoms with Crippen LogP contribution in [0, 0.1) is 0 Å². The molecule has 4 nitrogen and oxygen atoms in total. The summed E-state index contributed by atoms with van der Waals surface area (Å²) in [5.74, 6) is -0.699. The summed E-state index contributed by atoms with van der Waals surface area (Å²) in [6.07, 6.45) is -4.66. The lowest BCUT2D eigenvalue weighted by molar-refractivity contribution is -0.138. The summed E-state index contributed by atoms with van der Waals surface area (Å²) in [6, 6.07) is 7.90. The van der Waals surface area contributed by atoms with Crippen molar-refractivity contribution < 1.29 is 32.9 Å². The third-order valence-corrected chi connectivity index (χ3v) is 3.78. The fourth-order valence-electron chi connectivity index (χ4n) is 2.53. The summed E-state index contributed by atoms with van der Waals surface area (Å²) in [6.45, 7) is -0.277. The van der Waals surface area contributed by atoms with Gasteiger partial charge in [0.2, 0.25) is 0 Å². The van der Waals surface area contributed by atoms with E-state index < -0.39 is 17.7 Å². The Morgan fingerprint density at radius 1 is 1.12 bits per heavy atom. The highest BCUT2D eigenvalue weighted by molar-refractivity contribution is 5.76. The first-order valence-corrected chi connectivity index (χ1v) is 7.46. The molecule has 2 rings (SSSR count). The Kier molecular flexibility index (Phi) is 5.69. The average molecular weight is 354 g/mol. The molecule has 0 saturated carbocycles. The second kappa shape index (κ2) is 7.57. The first-order valence-electron chi connectivity index (χ1n) is 7.46. The number of ether oxygens (including phenoxy) is 1. The Morgan fingerprint density at radius 3 is 2.40 bits per heavy atom. The van der Waals surface area contributed by atoms with Gasteiger partial charge in [0.1, 0.15) is 5.75 Å². The first-order chi connectivity index (χ1) is 11.8. The van der Waals surface area contributed by atoms with Gasteiger partial charge in [0, 0.05) is 12.0 Å². The van der Waals surface area contributed by atoms with Gasteiger partial charge in [-0.1, -0.05) is 12.1 Å². The largest absolute Gasteiger partial charge is 0.496 e. The number of hydrogen-bond donors (Lipinski definition) is 2. The highest BCUT2D eigenvalue weighted by atomic mass is 19.4. The topological polar surface area (TPSA) is 66.8 Å². The normalized spacial score (nSPS) is 11.4. The van der Waals surface area contributed by atoms with E-state index in [9.17, 15) is 23.1 Å². The number of carboxylic acids is 1. The van der Waals surface area contributed by atoms with Gasteiger partial charge in [0.15, 0.2) is 0 Å². The van der Waals surface area contributed by atoms with Gasteiger partial charge in [-0.25, -0.2) is 0 Å². The molecule has 0 radical (unpaired) electrons. The number of halogens is 3. The van der Waals surface area contributed by atoms with Crippen LogP contribution in [-0.4, -0.2) is 23.3 Å². The van der Waals surface area contributed by atoms with Crippen molar-refractivity contribution in [3.8, 4) is 16.9 Å². The molecule has 0 saturated heterocycles. The molecule has 2 aromatic carbocycles. The minimum absolute atomic E-state index is 0.0787. The van der Waals surface area contributed by atoms with Crippen LogP contribution in [0.2, 0.25) is 0 Å². The lowest BCUT2D eigenvalue weighted by Gasteiger charge is -2.16. The van der Waals surface area contributed by atoms with Crippen molar-refractivity contribution in [1.82, 2.24) is 0 Å².